The van der Waals surface area contributed by atoms with E-state index in [-0.39, 0.29) is 0 Å². The Kier molecular flexibility index (Phi) is 8.61. The van der Waals surface area contributed by atoms with Crippen LogP contribution in [0.4, 0.5) is 0 Å². The van der Waals surface area contributed by atoms with E-state index in [9.17, 15) is 0 Å². The predicted octanol–water partition coefficient (Wildman–Crippen LogP) is 4.41. The molecular formula is C17H33N2+. The molecule has 0 spiro atoms. The lowest BCUT2D eigenvalue weighted by atomic mass is 10.1. The molecule has 110 valence electrons. The first-order chi connectivity index (χ1) is 9.29. The fraction of sp³-hybridized carbons (Fsp3) is 0.824. The molecule has 0 aliphatic rings. The van der Waals surface area contributed by atoms with Crippen molar-refractivity contribution in [2.24, 2.45) is 7.05 Å². The Bertz CT molecular complexity index is 328. The van der Waals surface area contributed by atoms with Gasteiger partial charge in [0, 0.05) is 6.42 Å². The van der Waals surface area contributed by atoms with Crippen LogP contribution in [0.25, 0.3) is 0 Å². The number of hydrogen-bond acceptors (Lipinski definition) is 0. The maximum absolute atomic E-state index is 2.42. The Morgan fingerprint density at radius 3 is 2.16 bits per heavy atom. The van der Waals surface area contributed by atoms with Crippen molar-refractivity contribution in [1.29, 1.82) is 0 Å². The summed E-state index contributed by atoms with van der Waals surface area (Å²) in [5.74, 6) is 1.49. The molecule has 0 aliphatic carbocycles. The van der Waals surface area contributed by atoms with E-state index < -0.39 is 0 Å². The van der Waals surface area contributed by atoms with Gasteiger partial charge in [0.15, 0.2) is 0 Å². The van der Waals surface area contributed by atoms with Gasteiger partial charge >= 0.3 is 0 Å². The van der Waals surface area contributed by atoms with Gasteiger partial charge < -0.3 is 0 Å². The lowest BCUT2D eigenvalue weighted by molar-refractivity contribution is -0.678. The van der Waals surface area contributed by atoms with E-state index in [1.54, 1.807) is 0 Å². The molecule has 1 rings (SSSR count). The van der Waals surface area contributed by atoms with E-state index >= 15 is 0 Å². The van der Waals surface area contributed by atoms with Crippen LogP contribution in [0, 0.1) is 0 Å². The van der Waals surface area contributed by atoms with Crippen LogP contribution >= 0.6 is 0 Å². The van der Waals surface area contributed by atoms with Gasteiger partial charge in [0.05, 0.1) is 13.6 Å². The molecule has 0 unspecified atom stereocenters. The second kappa shape index (κ2) is 10.1. The third kappa shape index (κ3) is 6.26. The molecule has 0 saturated heterocycles. The van der Waals surface area contributed by atoms with E-state index in [0.29, 0.717) is 0 Å². The van der Waals surface area contributed by atoms with Crippen molar-refractivity contribution in [3.05, 3.63) is 18.2 Å². The molecule has 2 nitrogen and oxygen atoms in total. The number of aryl methyl sites for hydroxylation is 2. The van der Waals surface area contributed by atoms with Crippen molar-refractivity contribution in [2.75, 3.05) is 0 Å². The standard InChI is InChI=1S/C17H33N2/c1-4-6-7-8-9-10-11-12-13-17-18(3)15-16-19(17)14-5-2/h15-16H,4-14H2,1-3H3/q+1. The average molecular weight is 265 g/mol. The van der Waals surface area contributed by atoms with Crippen LogP contribution in [-0.4, -0.2) is 4.57 Å². The highest BCUT2D eigenvalue weighted by Crippen LogP contribution is 2.10. The van der Waals surface area contributed by atoms with Gasteiger partial charge in [0.1, 0.15) is 12.4 Å². The third-order valence-corrected chi connectivity index (χ3v) is 3.93. The Hall–Kier alpha value is -0.790. The first kappa shape index (κ1) is 16.3. The zero-order valence-corrected chi connectivity index (χ0v) is 13.3. The molecule has 1 aromatic heterocycles. The van der Waals surface area contributed by atoms with Crippen molar-refractivity contribution < 1.29 is 4.57 Å². The smallest absolute Gasteiger partial charge is 0.237 e. The molecule has 0 N–H and O–H groups in total. The summed E-state index contributed by atoms with van der Waals surface area (Å²) in [7, 11) is 2.17. The van der Waals surface area contributed by atoms with Gasteiger partial charge in [-0.25, -0.2) is 9.13 Å². The van der Waals surface area contributed by atoms with Crippen LogP contribution < -0.4 is 4.57 Å². The summed E-state index contributed by atoms with van der Waals surface area (Å²) < 4.78 is 4.71. The number of unbranched alkanes of at least 4 members (excludes halogenated alkanes) is 7. The SMILES string of the molecule is CCCCCCCCCCc1n(CCC)cc[n+]1C. The van der Waals surface area contributed by atoms with E-state index in [4.69, 9.17) is 0 Å². The average Bonchev–Trinajstić information content (AvgIpc) is 2.75. The normalized spacial score (nSPS) is 11.1. The summed E-state index contributed by atoms with van der Waals surface area (Å²) in [6.07, 6.45) is 18.1. The van der Waals surface area contributed by atoms with Crippen LogP contribution in [0.2, 0.25) is 0 Å². The molecule has 0 atom stereocenters. The first-order valence-corrected chi connectivity index (χ1v) is 8.33. The zero-order chi connectivity index (χ0) is 13.9. The van der Waals surface area contributed by atoms with E-state index in [1.807, 2.05) is 0 Å². The Morgan fingerprint density at radius 1 is 0.895 bits per heavy atom. The molecular weight excluding hydrogens is 232 g/mol. The summed E-state index contributed by atoms with van der Waals surface area (Å²) in [4.78, 5) is 0. The zero-order valence-electron chi connectivity index (χ0n) is 13.3. The Morgan fingerprint density at radius 2 is 1.53 bits per heavy atom. The van der Waals surface area contributed by atoms with Crippen LogP contribution in [0.1, 0.15) is 77.5 Å². The number of hydrogen-bond donors (Lipinski definition) is 0. The maximum Gasteiger partial charge on any atom is 0.256 e. The summed E-state index contributed by atoms with van der Waals surface area (Å²) in [5, 5.41) is 0. The molecule has 0 radical (unpaired) electrons. The molecule has 0 amide bonds. The minimum atomic E-state index is 1.16. The summed E-state index contributed by atoms with van der Waals surface area (Å²) in [5.41, 5.74) is 0. The number of rotatable bonds is 11. The first-order valence-electron chi connectivity index (χ1n) is 8.33. The number of nitrogens with zero attached hydrogens (tertiary/aromatic N) is 2. The van der Waals surface area contributed by atoms with Crippen LogP contribution in [0.3, 0.4) is 0 Å². The summed E-state index contributed by atoms with van der Waals surface area (Å²) >= 11 is 0. The topological polar surface area (TPSA) is 8.81 Å². The van der Waals surface area contributed by atoms with Gasteiger partial charge in [0.2, 0.25) is 0 Å². The Balaban J connectivity index is 2.13. The van der Waals surface area contributed by atoms with Gasteiger partial charge in [-0.05, 0) is 12.8 Å². The summed E-state index contributed by atoms with van der Waals surface area (Å²) in [6, 6.07) is 0. The minimum Gasteiger partial charge on any atom is -0.237 e. The maximum atomic E-state index is 2.42. The highest BCUT2D eigenvalue weighted by atomic mass is 15.1. The second-order valence-corrected chi connectivity index (χ2v) is 5.74. The summed E-state index contributed by atoms with van der Waals surface area (Å²) in [6.45, 7) is 5.69. The lowest BCUT2D eigenvalue weighted by Crippen LogP contribution is -2.32. The van der Waals surface area contributed by atoms with Crippen molar-refractivity contribution in [3.63, 3.8) is 0 Å². The fourth-order valence-electron chi connectivity index (χ4n) is 2.74. The number of imidazole rings is 1. The van der Waals surface area contributed by atoms with Gasteiger partial charge in [0.25, 0.3) is 5.82 Å². The highest BCUT2D eigenvalue weighted by Gasteiger charge is 2.12. The predicted molar refractivity (Wildman–Crippen MR) is 82.2 cm³/mol. The van der Waals surface area contributed by atoms with Gasteiger partial charge in [-0.3, -0.25) is 0 Å². The Labute approximate surface area is 119 Å². The quantitative estimate of drug-likeness (QED) is 0.414. The molecule has 0 bridgehead atoms. The van der Waals surface area contributed by atoms with Gasteiger partial charge in [-0.2, -0.15) is 0 Å². The van der Waals surface area contributed by atoms with Crippen molar-refractivity contribution >= 4 is 0 Å². The minimum absolute atomic E-state index is 1.16. The van der Waals surface area contributed by atoms with E-state index in [0.717, 1.165) is 6.54 Å². The van der Waals surface area contributed by atoms with E-state index in [2.05, 4.69) is 42.4 Å². The van der Waals surface area contributed by atoms with Crippen molar-refractivity contribution in [3.8, 4) is 0 Å². The van der Waals surface area contributed by atoms with E-state index in [1.165, 1.54) is 70.0 Å². The largest absolute Gasteiger partial charge is 0.256 e. The second-order valence-electron chi connectivity index (χ2n) is 5.74. The molecule has 19 heavy (non-hydrogen) atoms. The van der Waals surface area contributed by atoms with Crippen molar-refractivity contribution in [2.45, 2.75) is 84.6 Å². The van der Waals surface area contributed by atoms with Crippen LogP contribution in [-0.2, 0) is 20.0 Å². The molecule has 1 aromatic rings. The highest BCUT2D eigenvalue weighted by molar-refractivity contribution is 4.83. The van der Waals surface area contributed by atoms with Crippen molar-refractivity contribution in [1.82, 2.24) is 4.57 Å². The molecule has 0 aliphatic heterocycles. The monoisotopic (exact) mass is 265 g/mol. The fourth-order valence-corrected chi connectivity index (χ4v) is 2.74. The molecule has 2 heteroatoms. The molecule has 0 saturated carbocycles. The van der Waals surface area contributed by atoms with Crippen LogP contribution in [0.5, 0.6) is 0 Å². The van der Waals surface area contributed by atoms with Gasteiger partial charge in [-0.1, -0.05) is 58.8 Å². The molecule has 1 heterocycles. The number of aromatic nitrogens is 2. The molecule has 0 fully saturated rings. The molecule has 0 aromatic carbocycles. The van der Waals surface area contributed by atoms with Gasteiger partial charge in [-0.15, -0.1) is 0 Å². The third-order valence-electron chi connectivity index (χ3n) is 3.93. The lowest BCUT2D eigenvalue weighted by Gasteiger charge is -2.03. The van der Waals surface area contributed by atoms with Crippen LogP contribution in [0.15, 0.2) is 12.4 Å².